The molecule has 2 aromatic heterocycles. The van der Waals surface area contributed by atoms with Gasteiger partial charge in [0, 0.05) is 49.2 Å². The van der Waals surface area contributed by atoms with E-state index in [1.165, 1.54) is 12.6 Å². The first-order valence-electron chi connectivity index (χ1n) is 10.4. The van der Waals surface area contributed by atoms with Gasteiger partial charge in [0.1, 0.15) is 5.82 Å². The van der Waals surface area contributed by atoms with E-state index in [0.717, 1.165) is 42.9 Å². The summed E-state index contributed by atoms with van der Waals surface area (Å²) in [5.74, 6) is 0.658. The van der Waals surface area contributed by atoms with Crippen molar-refractivity contribution >= 4 is 17.4 Å². The topological polar surface area (TPSA) is 109 Å². The molecule has 2 heterocycles. The molecule has 8 heteroatoms. The minimum atomic E-state index is -0.203. The number of fused-ring (bicyclic) bond motifs is 1. The number of carbonyl (C=O) groups excluding carboxylic acids is 1. The summed E-state index contributed by atoms with van der Waals surface area (Å²) in [5, 5.41) is 14.0. The van der Waals surface area contributed by atoms with E-state index in [4.69, 9.17) is 10.7 Å². The van der Waals surface area contributed by atoms with E-state index in [2.05, 4.69) is 21.0 Å². The lowest BCUT2D eigenvalue weighted by Gasteiger charge is -2.27. The summed E-state index contributed by atoms with van der Waals surface area (Å²) in [6.07, 6.45) is 7.44. The second-order valence-corrected chi connectivity index (χ2v) is 7.39. The fraction of sp³-hybridized carbons (Fsp3) is 0.318. The van der Waals surface area contributed by atoms with Gasteiger partial charge in [-0.15, -0.1) is 0 Å². The van der Waals surface area contributed by atoms with Crippen LogP contribution in [0.1, 0.15) is 36.2 Å². The molecule has 1 amide bonds. The molecular weight excluding hydrogens is 378 g/mol. The van der Waals surface area contributed by atoms with Crippen molar-refractivity contribution in [3.8, 4) is 11.3 Å². The van der Waals surface area contributed by atoms with Gasteiger partial charge in [0.25, 0.3) is 5.91 Å². The molecule has 1 fully saturated rings. The third-order valence-electron chi connectivity index (χ3n) is 5.18. The first-order chi connectivity index (χ1) is 14.7. The Morgan fingerprint density at radius 2 is 2.03 bits per heavy atom. The second-order valence-electron chi connectivity index (χ2n) is 7.39. The van der Waals surface area contributed by atoms with Crippen LogP contribution in [-0.2, 0) is 0 Å². The summed E-state index contributed by atoms with van der Waals surface area (Å²) in [7, 11) is 0. The van der Waals surface area contributed by atoms with E-state index < -0.39 is 0 Å². The highest BCUT2D eigenvalue weighted by Crippen LogP contribution is 2.27. The number of amides is 1. The summed E-state index contributed by atoms with van der Waals surface area (Å²) in [4.78, 5) is 17.3. The fourth-order valence-corrected chi connectivity index (χ4v) is 3.34. The third-order valence-corrected chi connectivity index (χ3v) is 5.18. The number of rotatable bonds is 9. The predicted octanol–water partition coefficient (Wildman–Crippen LogP) is 2.50. The van der Waals surface area contributed by atoms with Crippen molar-refractivity contribution in [3.63, 3.8) is 0 Å². The van der Waals surface area contributed by atoms with Crippen LogP contribution in [0, 0.1) is 0 Å². The van der Waals surface area contributed by atoms with Gasteiger partial charge in [0.15, 0.2) is 11.3 Å². The molecule has 0 bridgehead atoms. The van der Waals surface area contributed by atoms with Crippen LogP contribution >= 0.6 is 0 Å². The molecule has 0 unspecified atom stereocenters. The second kappa shape index (κ2) is 9.30. The lowest BCUT2D eigenvalue weighted by atomic mass is 9.93. The number of nitrogens with one attached hydrogen (secondary N) is 3. The summed E-state index contributed by atoms with van der Waals surface area (Å²) < 4.78 is 1.73. The summed E-state index contributed by atoms with van der Waals surface area (Å²) in [5.41, 5.74) is 8.17. The van der Waals surface area contributed by atoms with Crippen LogP contribution in [0.15, 0.2) is 54.9 Å². The smallest absolute Gasteiger partial charge is 0.271 e. The molecule has 5 N–H and O–H groups in total. The molecule has 1 aromatic carbocycles. The fourth-order valence-electron chi connectivity index (χ4n) is 3.34. The maximum absolute atomic E-state index is 12.6. The maximum Gasteiger partial charge on any atom is 0.271 e. The molecule has 4 rings (SSSR count). The van der Waals surface area contributed by atoms with Gasteiger partial charge < -0.3 is 21.7 Å². The minimum Gasteiger partial charge on any atom is -0.403 e. The highest BCUT2D eigenvalue weighted by atomic mass is 16.1. The summed E-state index contributed by atoms with van der Waals surface area (Å²) >= 11 is 0. The Balaban J connectivity index is 1.55. The van der Waals surface area contributed by atoms with Gasteiger partial charge in [-0.3, -0.25) is 4.79 Å². The number of hydrogen-bond acceptors (Lipinski definition) is 6. The van der Waals surface area contributed by atoms with E-state index in [1.54, 1.807) is 16.8 Å². The van der Waals surface area contributed by atoms with Gasteiger partial charge in [-0.25, -0.2) is 4.98 Å². The van der Waals surface area contributed by atoms with Crippen molar-refractivity contribution in [3.05, 3.63) is 60.6 Å². The number of hydrogen-bond donors (Lipinski definition) is 4. The van der Waals surface area contributed by atoms with Gasteiger partial charge in [0.05, 0.1) is 5.69 Å². The third kappa shape index (κ3) is 4.53. The molecule has 0 spiro atoms. The van der Waals surface area contributed by atoms with E-state index in [1.807, 2.05) is 36.4 Å². The van der Waals surface area contributed by atoms with E-state index >= 15 is 0 Å². The minimum absolute atomic E-state index is 0.203. The number of benzene rings is 1. The lowest BCUT2D eigenvalue weighted by Crippen LogP contribution is -2.28. The Morgan fingerprint density at radius 1 is 1.20 bits per heavy atom. The van der Waals surface area contributed by atoms with Crippen molar-refractivity contribution in [2.75, 3.05) is 18.4 Å². The normalized spacial score (nSPS) is 14.0. The number of anilines is 1. The van der Waals surface area contributed by atoms with E-state index in [0.29, 0.717) is 23.9 Å². The van der Waals surface area contributed by atoms with Crippen LogP contribution in [0.25, 0.3) is 16.9 Å². The van der Waals surface area contributed by atoms with Crippen LogP contribution in [0.2, 0.25) is 0 Å². The SMILES string of the molecule is N/C=C\NCCCNC(=O)c1cc2nc(-c3ccccc3)cc(NC3CCC3)n2n1. The Hall–Kier alpha value is -3.55. The van der Waals surface area contributed by atoms with Gasteiger partial charge in [0.2, 0.25) is 0 Å². The summed E-state index contributed by atoms with van der Waals surface area (Å²) in [6.45, 7) is 1.28. The quantitative estimate of drug-likeness (QED) is 0.407. The molecular formula is C22H27N7O. The maximum atomic E-state index is 12.6. The van der Waals surface area contributed by atoms with Crippen LogP contribution < -0.4 is 21.7 Å². The molecule has 1 aliphatic rings. The standard InChI is InChI=1S/C22H27N7O/c23-10-13-24-11-5-12-25-22(30)19-15-21-27-18(16-6-2-1-3-7-16)14-20(29(21)28-19)26-17-8-4-9-17/h1-3,6-7,10,13-15,17,24,26H,4-5,8-9,11-12,23H2,(H,25,30)/b13-10-. The van der Waals surface area contributed by atoms with Crippen molar-refractivity contribution in [1.29, 1.82) is 0 Å². The van der Waals surface area contributed by atoms with Crippen LogP contribution in [0.5, 0.6) is 0 Å². The molecule has 0 saturated heterocycles. The Bertz CT molecular complexity index is 1020. The van der Waals surface area contributed by atoms with Crippen molar-refractivity contribution in [2.24, 2.45) is 5.73 Å². The number of carbonyl (C=O) groups is 1. The molecule has 0 radical (unpaired) electrons. The number of nitrogens with zero attached hydrogens (tertiary/aromatic N) is 3. The monoisotopic (exact) mass is 405 g/mol. The zero-order valence-corrected chi connectivity index (χ0v) is 16.8. The average Bonchev–Trinajstić information content (AvgIpc) is 3.18. The number of nitrogens with two attached hydrogens (primary N) is 1. The van der Waals surface area contributed by atoms with Gasteiger partial charge in [-0.05, 0) is 25.7 Å². The molecule has 30 heavy (non-hydrogen) atoms. The predicted molar refractivity (Wildman–Crippen MR) is 118 cm³/mol. The Labute approximate surface area is 175 Å². The van der Waals surface area contributed by atoms with Gasteiger partial charge in [-0.1, -0.05) is 30.3 Å². The summed E-state index contributed by atoms with van der Waals surface area (Å²) in [6, 6.07) is 14.2. The average molecular weight is 406 g/mol. The highest BCUT2D eigenvalue weighted by molar-refractivity contribution is 5.93. The lowest BCUT2D eigenvalue weighted by molar-refractivity contribution is 0.0948. The van der Waals surface area contributed by atoms with Crippen molar-refractivity contribution in [1.82, 2.24) is 25.2 Å². The highest BCUT2D eigenvalue weighted by Gasteiger charge is 2.20. The Morgan fingerprint density at radius 3 is 2.77 bits per heavy atom. The van der Waals surface area contributed by atoms with Crippen LogP contribution in [-0.4, -0.2) is 39.6 Å². The van der Waals surface area contributed by atoms with E-state index in [9.17, 15) is 4.79 Å². The largest absolute Gasteiger partial charge is 0.403 e. The molecule has 0 aliphatic heterocycles. The first-order valence-corrected chi connectivity index (χ1v) is 10.4. The van der Waals surface area contributed by atoms with Crippen molar-refractivity contribution in [2.45, 2.75) is 31.7 Å². The number of aromatic nitrogens is 3. The van der Waals surface area contributed by atoms with Gasteiger partial charge in [-0.2, -0.15) is 9.61 Å². The zero-order chi connectivity index (χ0) is 20.8. The van der Waals surface area contributed by atoms with Crippen molar-refractivity contribution < 1.29 is 4.79 Å². The molecule has 1 aliphatic carbocycles. The molecule has 3 aromatic rings. The molecule has 0 atom stereocenters. The first kappa shape index (κ1) is 19.8. The van der Waals surface area contributed by atoms with Gasteiger partial charge >= 0.3 is 0 Å². The van der Waals surface area contributed by atoms with Crippen LogP contribution in [0.4, 0.5) is 5.82 Å². The van der Waals surface area contributed by atoms with Crippen LogP contribution in [0.3, 0.4) is 0 Å². The molecule has 156 valence electrons. The Kier molecular flexibility index (Phi) is 6.12. The molecule has 8 nitrogen and oxygen atoms in total. The zero-order valence-electron chi connectivity index (χ0n) is 16.8. The van der Waals surface area contributed by atoms with E-state index in [-0.39, 0.29) is 5.91 Å². The molecule has 1 saturated carbocycles.